The highest BCUT2D eigenvalue weighted by atomic mass is 16.2. The zero-order valence-corrected chi connectivity index (χ0v) is 8.94. The van der Waals surface area contributed by atoms with E-state index in [0.29, 0.717) is 6.54 Å². The lowest BCUT2D eigenvalue weighted by Gasteiger charge is -2.19. The second-order valence-corrected chi connectivity index (χ2v) is 4.11. The second kappa shape index (κ2) is 4.42. The standard InChI is InChI=1S/C10H16N4O/c1-14(6-9-11-7-12-13-9)10(15)8-4-2-3-5-8/h7-8H,2-6H2,1H3,(H,11,12,13). The molecule has 0 spiro atoms. The maximum absolute atomic E-state index is 11.9. The summed E-state index contributed by atoms with van der Waals surface area (Å²) >= 11 is 0. The van der Waals surface area contributed by atoms with Gasteiger partial charge in [-0.15, -0.1) is 0 Å². The van der Waals surface area contributed by atoms with Crippen molar-refractivity contribution in [1.82, 2.24) is 20.1 Å². The first kappa shape index (κ1) is 10.1. The molecule has 1 amide bonds. The van der Waals surface area contributed by atoms with E-state index in [2.05, 4.69) is 15.2 Å². The summed E-state index contributed by atoms with van der Waals surface area (Å²) in [4.78, 5) is 17.7. The van der Waals surface area contributed by atoms with Crippen LogP contribution in [0.15, 0.2) is 6.33 Å². The Bertz CT molecular complexity index is 316. The number of hydrogen-bond acceptors (Lipinski definition) is 3. The highest BCUT2D eigenvalue weighted by molar-refractivity contribution is 5.78. The Kier molecular flexibility index (Phi) is 2.99. The Morgan fingerprint density at radius 2 is 2.33 bits per heavy atom. The number of amides is 1. The van der Waals surface area contributed by atoms with E-state index in [-0.39, 0.29) is 11.8 Å². The first-order valence-corrected chi connectivity index (χ1v) is 5.36. The summed E-state index contributed by atoms with van der Waals surface area (Å²) in [5, 5.41) is 6.52. The van der Waals surface area contributed by atoms with Crippen LogP contribution in [0.3, 0.4) is 0 Å². The fourth-order valence-corrected chi connectivity index (χ4v) is 2.09. The normalized spacial score (nSPS) is 16.9. The smallest absolute Gasteiger partial charge is 0.225 e. The topological polar surface area (TPSA) is 61.9 Å². The lowest BCUT2D eigenvalue weighted by atomic mass is 10.1. The van der Waals surface area contributed by atoms with Gasteiger partial charge in [0.2, 0.25) is 5.91 Å². The molecule has 5 nitrogen and oxygen atoms in total. The van der Waals surface area contributed by atoms with Gasteiger partial charge in [-0.25, -0.2) is 4.98 Å². The Labute approximate surface area is 88.9 Å². The van der Waals surface area contributed by atoms with Crippen molar-refractivity contribution in [3.05, 3.63) is 12.2 Å². The lowest BCUT2D eigenvalue weighted by Crippen LogP contribution is -2.31. The summed E-state index contributed by atoms with van der Waals surface area (Å²) in [6.45, 7) is 0.523. The van der Waals surface area contributed by atoms with E-state index >= 15 is 0 Å². The van der Waals surface area contributed by atoms with Crippen LogP contribution in [0.5, 0.6) is 0 Å². The van der Waals surface area contributed by atoms with Gasteiger partial charge >= 0.3 is 0 Å². The monoisotopic (exact) mass is 208 g/mol. The van der Waals surface area contributed by atoms with E-state index in [1.807, 2.05) is 7.05 Å². The maximum Gasteiger partial charge on any atom is 0.225 e. The highest BCUT2D eigenvalue weighted by Crippen LogP contribution is 2.26. The van der Waals surface area contributed by atoms with Crippen LogP contribution in [0, 0.1) is 5.92 Å². The third-order valence-corrected chi connectivity index (χ3v) is 2.93. The predicted molar refractivity (Wildman–Crippen MR) is 54.8 cm³/mol. The van der Waals surface area contributed by atoms with Crippen molar-refractivity contribution in [3.8, 4) is 0 Å². The van der Waals surface area contributed by atoms with Gasteiger partial charge in [-0.2, -0.15) is 5.10 Å². The van der Waals surface area contributed by atoms with Gasteiger partial charge in [0.25, 0.3) is 0 Å². The fourth-order valence-electron chi connectivity index (χ4n) is 2.09. The minimum atomic E-state index is 0.234. The molecule has 0 bridgehead atoms. The summed E-state index contributed by atoms with van der Waals surface area (Å²) in [5.41, 5.74) is 0. The van der Waals surface area contributed by atoms with Crippen molar-refractivity contribution in [3.63, 3.8) is 0 Å². The quantitative estimate of drug-likeness (QED) is 0.804. The molecule has 5 heteroatoms. The number of hydrogen-bond donors (Lipinski definition) is 1. The maximum atomic E-state index is 11.9. The van der Waals surface area contributed by atoms with Crippen LogP contribution in [-0.2, 0) is 11.3 Å². The average molecular weight is 208 g/mol. The molecule has 0 saturated heterocycles. The summed E-state index contributed by atoms with van der Waals surface area (Å²) in [5.74, 6) is 1.21. The minimum absolute atomic E-state index is 0.234. The molecule has 1 fully saturated rings. The molecule has 1 aromatic heterocycles. The first-order valence-electron chi connectivity index (χ1n) is 5.36. The van der Waals surface area contributed by atoms with Gasteiger partial charge in [-0.3, -0.25) is 9.89 Å². The number of nitrogens with one attached hydrogen (secondary N) is 1. The number of nitrogens with zero attached hydrogens (tertiary/aromatic N) is 3. The van der Waals surface area contributed by atoms with Crippen LogP contribution in [0.4, 0.5) is 0 Å². The highest BCUT2D eigenvalue weighted by Gasteiger charge is 2.25. The van der Waals surface area contributed by atoms with Crippen molar-refractivity contribution in [2.24, 2.45) is 5.92 Å². The van der Waals surface area contributed by atoms with Crippen LogP contribution >= 0.6 is 0 Å². The zero-order valence-electron chi connectivity index (χ0n) is 8.94. The van der Waals surface area contributed by atoms with Gasteiger partial charge in [-0.05, 0) is 12.8 Å². The van der Waals surface area contributed by atoms with Gasteiger partial charge in [0.15, 0.2) is 0 Å². The van der Waals surface area contributed by atoms with Crippen LogP contribution in [0.1, 0.15) is 31.5 Å². The van der Waals surface area contributed by atoms with Gasteiger partial charge in [-0.1, -0.05) is 12.8 Å². The van der Waals surface area contributed by atoms with Crippen molar-refractivity contribution in [2.75, 3.05) is 7.05 Å². The van der Waals surface area contributed by atoms with Crippen molar-refractivity contribution >= 4 is 5.91 Å². The van der Waals surface area contributed by atoms with Crippen molar-refractivity contribution in [2.45, 2.75) is 32.2 Å². The Morgan fingerprint density at radius 3 is 2.93 bits per heavy atom. The first-order chi connectivity index (χ1) is 7.27. The van der Waals surface area contributed by atoms with E-state index in [4.69, 9.17) is 0 Å². The summed E-state index contributed by atoms with van der Waals surface area (Å²) in [6, 6.07) is 0. The molecule has 0 atom stereocenters. The summed E-state index contributed by atoms with van der Waals surface area (Å²) < 4.78 is 0. The van der Waals surface area contributed by atoms with E-state index in [1.54, 1.807) is 4.90 Å². The van der Waals surface area contributed by atoms with E-state index in [0.717, 1.165) is 18.7 Å². The number of rotatable bonds is 3. The molecule has 1 heterocycles. The molecule has 2 rings (SSSR count). The van der Waals surface area contributed by atoms with E-state index < -0.39 is 0 Å². The largest absolute Gasteiger partial charge is 0.338 e. The molecule has 0 aromatic carbocycles. The van der Waals surface area contributed by atoms with E-state index in [1.165, 1.54) is 19.2 Å². The number of carbonyl (C=O) groups is 1. The second-order valence-electron chi connectivity index (χ2n) is 4.11. The number of carbonyl (C=O) groups excluding carboxylic acids is 1. The number of H-pyrrole nitrogens is 1. The Hall–Kier alpha value is -1.39. The van der Waals surface area contributed by atoms with Crippen LogP contribution in [0.25, 0.3) is 0 Å². The fraction of sp³-hybridized carbons (Fsp3) is 0.700. The summed E-state index contributed by atoms with van der Waals surface area (Å²) in [6.07, 6.45) is 5.92. The Morgan fingerprint density at radius 1 is 1.60 bits per heavy atom. The van der Waals surface area contributed by atoms with Crippen LogP contribution in [0.2, 0.25) is 0 Å². The molecule has 0 radical (unpaired) electrons. The third-order valence-electron chi connectivity index (χ3n) is 2.93. The third kappa shape index (κ3) is 2.34. The molecule has 1 aliphatic rings. The predicted octanol–water partition coefficient (Wildman–Crippen LogP) is 0.953. The van der Waals surface area contributed by atoms with Gasteiger partial charge < -0.3 is 4.90 Å². The number of aromatic amines is 1. The molecule has 1 N–H and O–H groups in total. The van der Waals surface area contributed by atoms with Crippen LogP contribution in [-0.4, -0.2) is 33.0 Å². The Balaban J connectivity index is 1.89. The molecular formula is C10H16N4O. The average Bonchev–Trinajstić information content (AvgIpc) is 2.88. The van der Waals surface area contributed by atoms with Gasteiger partial charge in [0.1, 0.15) is 12.2 Å². The molecule has 15 heavy (non-hydrogen) atoms. The zero-order chi connectivity index (χ0) is 10.7. The SMILES string of the molecule is CN(Cc1ncn[nH]1)C(=O)C1CCCC1. The van der Waals surface area contributed by atoms with Crippen LogP contribution < -0.4 is 0 Å². The van der Waals surface area contributed by atoms with Crippen molar-refractivity contribution < 1.29 is 4.79 Å². The molecule has 82 valence electrons. The molecular weight excluding hydrogens is 192 g/mol. The minimum Gasteiger partial charge on any atom is -0.338 e. The molecule has 1 aromatic rings. The lowest BCUT2D eigenvalue weighted by molar-refractivity contribution is -0.134. The molecule has 1 aliphatic carbocycles. The molecule has 0 unspecified atom stereocenters. The molecule has 1 saturated carbocycles. The van der Waals surface area contributed by atoms with Gasteiger partial charge in [0, 0.05) is 13.0 Å². The van der Waals surface area contributed by atoms with Gasteiger partial charge in [0.05, 0.1) is 6.54 Å². The summed E-state index contributed by atoms with van der Waals surface area (Å²) in [7, 11) is 1.82. The van der Waals surface area contributed by atoms with E-state index in [9.17, 15) is 4.79 Å². The van der Waals surface area contributed by atoms with Crippen molar-refractivity contribution in [1.29, 1.82) is 0 Å². The number of aromatic nitrogens is 3. The molecule has 0 aliphatic heterocycles.